The Bertz CT molecular complexity index is 798. The van der Waals surface area contributed by atoms with E-state index in [1.54, 1.807) is 12.1 Å². The van der Waals surface area contributed by atoms with Crippen LogP contribution in [0.1, 0.15) is 23.6 Å². The zero-order chi connectivity index (χ0) is 20.4. The smallest absolute Gasteiger partial charge is 0.305 e. The van der Waals surface area contributed by atoms with Gasteiger partial charge in [0.2, 0.25) is 11.3 Å². The van der Waals surface area contributed by atoms with Crippen molar-refractivity contribution in [2.45, 2.75) is 18.9 Å². The molecule has 28 heavy (non-hydrogen) atoms. The van der Waals surface area contributed by atoms with Gasteiger partial charge in [0.05, 0.1) is 12.5 Å². The number of carboxylic acids is 1. The topological polar surface area (TPSA) is 125 Å². The van der Waals surface area contributed by atoms with Gasteiger partial charge in [-0.2, -0.15) is 0 Å². The number of carbonyl (C=O) groups excluding carboxylic acids is 1. The number of nitrogens with one attached hydrogen (secondary N) is 2. The van der Waals surface area contributed by atoms with Crippen molar-refractivity contribution >= 4 is 23.1 Å². The highest BCUT2D eigenvalue weighted by Crippen LogP contribution is 2.20. The summed E-state index contributed by atoms with van der Waals surface area (Å²) in [6.45, 7) is -0.160. The number of aliphatic carboxylic acids is 1. The highest BCUT2D eigenvalue weighted by atomic mass is 32.2. The van der Waals surface area contributed by atoms with Crippen LogP contribution in [-0.2, 0) is 27.3 Å². The third-order valence-corrected chi connectivity index (χ3v) is 4.33. The van der Waals surface area contributed by atoms with Gasteiger partial charge in [-0.15, -0.1) is 0 Å². The molecule has 0 spiro atoms. The summed E-state index contributed by atoms with van der Waals surface area (Å²) in [5, 5.41) is 11.0. The molecule has 0 heterocycles. The fourth-order valence-corrected chi connectivity index (χ4v) is 2.96. The fraction of sp³-hybridized carbons (Fsp3) is 0.263. The molecule has 0 fully saturated rings. The predicted octanol–water partition coefficient (Wildman–Crippen LogP) is 1.67. The van der Waals surface area contributed by atoms with Crippen LogP contribution in [0.3, 0.4) is 0 Å². The van der Waals surface area contributed by atoms with Gasteiger partial charge in [-0.3, -0.25) is 14.1 Å². The van der Waals surface area contributed by atoms with Crippen molar-refractivity contribution in [3.8, 4) is 5.75 Å². The molecule has 8 nitrogen and oxygen atoms in total. The number of carboxylic acid groups (broad SMARTS) is 1. The highest BCUT2D eigenvalue weighted by molar-refractivity contribution is 7.77. The summed E-state index contributed by atoms with van der Waals surface area (Å²) < 4.78 is 28.4. The lowest BCUT2D eigenvalue weighted by Crippen LogP contribution is -2.30. The average Bonchev–Trinajstić information content (AvgIpc) is 2.67. The lowest BCUT2D eigenvalue weighted by atomic mass is 10.00. The van der Waals surface area contributed by atoms with Crippen molar-refractivity contribution in [1.82, 2.24) is 10.0 Å². The Morgan fingerprint density at radius 3 is 2.36 bits per heavy atom. The Labute approximate surface area is 165 Å². The van der Waals surface area contributed by atoms with Crippen molar-refractivity contribution in [2.24, 2.45) is 0 Å². The van der Waals surface area contributed by atoms with Crippen molar-refractivity contribution in [1.29, 1.82) is 0 Å². The van der Waals surface area contributed by atoms with Gasteiger partial charge in [-0.25, -0.2) is 8.93 Å². The minimum absolute atomic E-state index is 0.0521. The molecule has 1 amide bonds. The first-order valence-corrected chi connectivity index (χ1v) is 9.67. The standard InChI is InChI=1S/C19H22N2O6S/c22-18(20-11-10-19(23)24)13-27-16-8-6-14(7-9-16)12-17(21-28(25)26)15-4-2-1-3-5-15/h1-9,17,21H,10-13H2,(H,20,22)(H,23,24)(H,25,26). The van der Waals surface area contributed by atoms with Gasteiger partial charge >= 0.3 is 5.97 Å². The molecular formula is C19H22N2O6S. The summed E-state index contributed by atoms with van der Waals surface area (Å²) in [5.74, 6) is -0.888. The summed E-state index contributed by atoms with van der Waals surface area (Å²) in [6, 6.07) is 16.1. The van der Waals surface area contributed by atoms with E-state index < -0.39 is 23.1 Å². The molecule has 4 N–H and O–H groups in total. The summed E-state index contributed by atoms with van der Waals surface area (Å²) in [5.41, 5.74) is 1.81. The molecule has 2 unspecified atom stereocenters. The third-order valence-electron chi connectivity index (χ3n) is 3.84. The number of ether oxygens (including phenoxy) is 1. The van der Waals surface area contributed by atoms with Crippen LogP contribution in [0.2, 0.25) is 0 Å². The highest BCUT2D eigenvalue weighted by Gasteiger charge is 2.14. The molecule has 0 bridgehead atoms. The second kappa shape index (κ2) is 11.2. The second-order valence-electron chi connectivity index (χ2n) is 5.96. The van der Waals surface area contributed by atoms with E-state index in [9.17, 15) is 18.4 Å². The van der Waals surface area contributed by atoms with Gasteiger partial charge in [0.25, 0.3) is 5.91 Å². The van der Waals surface area contributed by atoms with Crippen LogP contribution in [0, 0.1) is 0 Å². The first kappa shape index (κ1) is 21.5. The monoisotopic (exact) mass is 406 g/mol. The molecule has 2 aromatic carbocycles. The van der Waals surface area contributed by atoms with Crippen LogP contribution in [0.4, 0.5) is 0 Å². The van der Waals surface area contributed by atoms with E-state index in [1.807, 2.05) is 42.5 Å². The number of hydrogen-bond donors (Lipinski definition) is 4. The Kier molecular flexibility index (Phi) is 8.60. The normalized spacial score (nSPS) is 12.8. The number of amides is 1. The number of hydrogen-bond acceptors (Lipinski definition) is 4. The Hall–Kier alpha value is -2.75. The quantitative estimate of drug-likeness (QED) is 0.421. The lowest BCUT2D eigenvalue weighted by molar-refractivity contribution is -0.137. The van der Waals surface area contributed by atoms with E-state index in [2.05, 4.69) is 10.0 Å². The Morgan fingerprint density at radius 1 is 1.07 bits per heavy atom. The predicted molar refractivity (Wildman–Crippen MR) is 104 cm³/mol. The van der Waals surface area contributed by atoms with Gasteiger partial charge in [0.1, 0.15) is 5.75 Å². The van der Waals surface area contributed by atoms with Gasteiger partial charge in [-0.1, -0.05) is 42.5 Å². The summed E-state index contributed by atoms with van der Waals surface area (Å²) in [7, 11) is 0. The molecule has 2 rings (SSSR count). The van der Waals surface area contributed by atoms with E-state index in [4.69, 9.17) is 9.84 Å². The second-order valence-corrected chi connectivity index (χ2v) is 6.69. The SMILES string of the molecule is O=C(O)CCNC(=O)COc1ccc(CC(NS(=O)O)c2ccccc2)cc1. The van der Waals surface area contributed by atoms with Gasteiger partial charge in [-0.05, 0) is 29.7 Å². The first-order chi connectivity index (χ1) is 13.4. The average molecular weight is 406 g/mol. The van der Waals surface area contributed by atoms with Crippen LogP contribution in [0.25, 0.3) is 0 Å². The summed E-state index contributed by atoms with van der Waals surface area (Å²) >= 11 is -2.14. The molecule has 0 aliphatic carbocycles. The van der Waals surface area contributed by atoms with E-state index in [0.29, 0.717) is 12.2 Å². The largest absolute Gasteiger partial charge is 0.484 e. The molecule has 0 saturated heterocycles. The molecule has 150 valence electrons. The van der Waals surface area contributed by atoms with Crippen LogP contribution in [-0.4, -0.2) is 38.9 Å². The van der Waals surface area contributed by atoms with Crippen LogP contribution < -0.4 is 14.8 Å². The van der Waals surface area contributed by atoms with E-state index in [1.165, 1.54) is 0 Å². The van der Waals surface area contributed by atoms with E-state index in [-0.39, 0.29) is 25.6 Å². The molecule has 0 aromatic heterocycles. The summed E-state index contributed by atoms with van der Waals surface area (Å²) in [4.78, 5) is 22.0. The third kappa shape index (κ3) is 7.87. The molecule has 2 atom stereocenters. The minimum Gasteiger partial charge on any atom is -0.484 e. The van der Waals surface area contributed by atoms with E-state index in [0.717, 1.165) is 11.1 Å². The Balaban J connectivity index is 1.89. The van der Waals surface area contributed by atoms with Crippen LogP contribution in [0.5, 0.6) is 5.75 Å². The Morgan fingerprint density at radius 2 is 1.75 bits per heavy atom. The zero-order valence-corrected chi connectivity index (χ0v) is 15.9. The number of benzene rings is 2. The summed E-state index contributed by atoms with van der Waals surface area (Å²) in [6.07, 6.45) is 0.349. The van der Waals surface area contributed by atoms with Gasteiger partial charge < -0.3 is 15.2 Å². The zero-order valence-electron chi connectivity index (χ0n) is 15.0. The maximum Gasteiger partial charge on any atom is 0.305 e. The molecule has 2 aromatic rings. The number of rotatable bonds is 11. The van der Waals surface area contributed by atoms with Gasteiger partial charge in [0.15, 0.2) is 6.61 Å². The molecular weight excluding hydrogens is 384 g/mol. The first-order valence-electron chi connectivity index (χ1n) is 8.56. The maximum absolute atomic E-state index is 11.6. The molecule has 0 radical (unpaired) electrons. The molecule has 0 saturated carbocycles. The van der Waals surface area contributed by atoms with Crippen LogP contribution >= 0.6 is 0 Å². The lowest BCUT2D eigenvalue weighted by Gasteiger charge is -2.17. The molecule has 0 aliphatic rings. The fourth-order valence-electron chi connectivity index (χ4n) is 2.50. The van der Waals surface area contributed by atoms with Gasteiger partial charge in [0, 0.05) is 6.54 Å². The van der Waals surface area contributed by atoms with Crippen molar-refractivity contribution in [3.05, 3.63) is 65.7 Å². The van der Waals surface area contributed by atoms with Crippen molar-refractivity contribution < 1.29 is 28.2 Å². The van der Waals surface area contributed by atoms with E-state index >= 15 is 0 Å². The van der Waals surface area contributed by atoms with Crippen LogP contribution in [0.15, 0.2) is 54.6 Å². The minimum atomic E-state index is -2.14. The van der Waals surface area contributed by atoms with Crippen molar-refractivity contribution in [3.63, 3.8) is 0 Å². The molecule has 0 aliphatic heterocycles. The van der Waals surface area contributed by atoms with Crippen molar-refractivity contribution in [2.75, 3.05) is 13.2 Å². The maximum atomic E-state index is 11.6. The molecule has 9 heteroatoms. The number of carbonyl (C=O) groups is 2.